The van der Waals surface area contributed by atoms with Crippen LogP contribution in [0.15, 0.2) is 24.3 Å². The minimum atomic E-state index is -0.796. The molecular formula is C21H28N4O2. The molecule has 3 N–H and O–H groups in total. The third kappa shape index (κ3) is 3.89. The first-order chi connectivity index (χ1) is 12.9. The van der Waals surface area contributed by atoms with E-state index in [1.165, 1.54) is 0 Å². The fourth-order valence-corrected chi connectivity index (χ4v) is 3.72. The summed E-state index contributed by atoms with van der Waals surface area (Å²) in [4.78, 5) is 20.8. The van der Waals surface area contributed by atoms with Gasteiger partial charge in [0, 0.05) is 17.8 Å². The van der Waals surface area contributed by atoms with Crippen LogP contribution in [0.2, 0.25) is 0 Å². The maximum atomic E-state index is 11.5. The van der Waals surface area contributed by atoms with E-state index in [2.05, 4.69) is 30.3 Å². The summed E-state index contributed by atoms with van der Waals surface area (Å²) in [6.07, 6.45) is 2.87. The molecule has 0 fully saturated rings. The van der Waals surface area contributed by atoms with E-state index in [0.29, 0.717) is 17.3 Å². The Kier molecular flexibility index (Phi) is 5.63. The molecule has 0 saturated heterocycles. The van der Waals surface area contributed by atoms with E-state index in [1.807, 2.05) is 24.3 Å². The monoisotopic (exact) mass is 368 g/mol. The number of pyridine rings is 1. The summed E-state index contributed by atoms with van der Waals surface area (Å²) in [5.41, 5.74) is 8.71. The summed E-state index contributed by atoms with van der Waals surface area (Å²) < 4.78 is 2.18. The molecule has 0 aliphatic carbocycles. The molecule has 144 valence electrons. The topological polar surface area (TPSA) is 94.0 Å². The van der Waals surface area contributed by atoms with Gasteiger partial charge in [0.1, 0.15) is 11.3 Å². The summed E-state index contributed by atoms with van der Waals surface area (Å²) >= 11 is 0. The van der Waals surface area contributed by atoms with E-state index in [9.17, 15) is 9.90 Å². The highest BCUT2D eigenvalue weighted by Crippen LogP contribution is 2.34. The highest BCUT2D eigenvalue weighted by atomic mass is 16.4. The van der Waals surface area contributed by atoms with Gasteiger partial charge >= 0.3 is 5.97 Å². The minimum absolute atomic E-state index is 0.0761. The van der Waals surface area contributed by atoms with Crippen molar-refractivity contribution in [3.05, 3.63) is 30.1 Å². The van der Waals surface area contributed by atoms with Crippen molar-refractivity contribution in [2.75, 3.05) is 5.73 Å². The standard InChI is InChI=1S/C21H28N4O2/c1-4-5-8-14(11-17(26)27)21-24-18-19(25(21)12-13(2)3)15-9-6-7-10-16(15)23-20(18)22/h6-7,9-10,13-14H,4-5,8,11-12H2,1-3H3,(H2,22,23)(H,26,27). The fraction of sp³-hybridized carbons (Fsp3) is 0.476. The van der Waals surface area contributed by atoms with Gasteiger partial charge in [0.05, 0.1) is 17.5 Å². The molecule has 3 aromatic rings. The van der Waals surface area contributed by atoms with E-state index in [0.717, 1.165) is 48.1 Å². The number of benzene rings is 1. The molecule has 27 heavy (non-hydrogen) atoms. The zero-order valence-corrected chi connectivity index (χ0v) is 16.3. The second-order valence-electron chi connectivity index (χ2n) is 7.62. The Morgan fingerprint density at radius 2 is 2.00 bits per heavy atom. The Labute approximate surface area is 159 Å². The third-order valence-corrected chi connectivity index (χ3v) is 4.88. The van der Waals surface area contributed by atoms with Gasteiger partial charge in [-0.3, -0.25) is 4.79 Å². The number of para-hydroxylation sites is 1. The van der Waals surface area contributed by atoms with E-state index in [4.69, 9.17) is 10.7 Å². The highest BCUT2D eigenvalue weighted by Gasteiger charge is 2.25. The Bertz CT molecular complexity index is 962. The van der Waals surface area contributed by atoms with Crippen LogP contribution in [-0.2, 0) is 11.3 Å². The molecule has 1 unspecified atom stereocenters. The molecule has 0 radical (unpaired) electrons. The van der Waals surface area contributed by atoms with Gasteiger partial charge in [0.15, 0.2) is 5.82 Å². The lowest BCUT2D eigenvalue weighted by atomic mass is 9.97. The van der Waals surface area contributed by atoms with Crippen LogP contribution in [0.1, 0.15) is 58.2 Å². The molecule has 0 saturated carbocycles. The predicted molar refractivity (Wildman–Crippen MR) is 109 cm³/mol. The number of hydrogen-bond donors (Lipinski definition) is 2. The predicted octanol–water partition coefficient (Wildman–Crippen LogP) is 4.57. The van der Waals surface area contributed by atoms with Gasteiger partial charge in [-0.2, -0.15) is 0 Å². The molecule has 0 bridgehead atoms. The largest absolute Gasteiger partial charge is 0.481 e. The minimum Gasteiger partial charge on any atom is -0.481 e. The van der Waals surface area contributed by atoms with Gasteiger partial charge in [0.2, 0.25) is 0 Å². The second-order valence-corrected chi connectivity index (χ2v) is 7.62. The first-order valence-electron chi connectivity index (χ1n) is 9.68. The lowest BCUT2D eigenvalue weighted by Gasteiger charge is -2.18. The van der Waals surface area contributed by atoms with Crippen LogP contribution in [0.5, 0.6) is 0 Å². The van der Waals surface area contributed by atoms with Gasteiger partial charge in [-0.25, -0.2) is 9.97 Å². The summed E-state index contributed by atoms with van der Waals surface area (Å²) in [6, 6.07) is 7.91. The van der Waals surface area contributed by atoms with E-state index >= 15 is 0 Å². The molecule has 6 nitrogen and oxygen atoms in total. The van der Waals surface area contributed by atoms with Crippen LogP contribution in [0.25, 0.3) is 21.9 Å². The third-order valence-electron chi connectivity index (χ3n) is 4.88. The normalized spacial score (nSPS) is 12.9. The van der Waals surface area contributed by atoms with Crippen molar-refractivity contribution in [3.63, 3.8) is 0 Å². The lowest BCUT2D eigenvalue weighted by Crippen LogP contribution is -2.15. The number of aromatic nitrogens is 3. The van der Waals surface area contributed by atoms with Crippen molar-refractivity contribution in [3.8, 4) is 0 Å². The number of fused-ring (bicyclic) bond motifs is 3. The number of carboxylic acids is 1. The number of hydrogen-bond acceptors (Lipinski definition) is 4. The Morgan fingerprint density at radius 1 is 1.26 bits per heavy atom. The van der Waals surface area contributed by atoms with Crippen LogP contribution < -0.4 is 5.73 Å². The van der Waals surface area contributed by atoms with Crippen LogP contribution in [-0.4, -0.2) is 25.6 Å². The molecule has 3 rings (SSSR count). The lowest BCUT2D eigenvalue weighted by molar-refractivity contribution is -0.137. The van der Waals surface area contributed by atoms with Crippen molar-refractivity contribution in [2.24, 2.45) is 5.92 Å². The Morgan fingerprint density at radius 3 is 2.67 bits per heavy atom. The maximum absolute atomic E-state index is 11.5. The summed E-state index contributed by atoms with van der Waals surface area (Å²) in [6.45, 7) is 7.19. The number of imidazole rings is 1. The van der Waals surface area contributed by atoms with Crippen LogP contribution in [0, 0.1) is 5.92 Å². The number of aliphatic carboxylic acids is 1. The summed E-state index contributed by atoms with van der Waals surface area (Å²) in [7, 11) is 0. The number of nitrogens with zero attached hydrogens (tertiary/aromatic N) is 3. The van der Waals surface area contributed by atoms with Crippen molar-refractivity contribution in [1.82, 2.24) is 14.5 Å². The average Bonchev–Trinajstić information content (AvgIpc) is 2.98. The molecule has 1 atom stereocenters. The molecule has 1 aromatic carbocycles. The number of nitrogen functional groups attached to an aromatic ring is 1. The number of rotatable bonds is 8. The molecule has 0 aliphatic rings. The van der Waals surface area contributed by atoms with Crippen molar-refractivity contribution < 1.29 is 9.90 Å². The zero-order chi connectivity index (χ0) is 19.6. The number of anilines is 1. The molecule has 2 aromatic heterocycles. The van der Waals surface area contributed by atoms with Crippen LogP contribution >= 0.6 is 0 Å². The van der Waals surface area contributed by atoms with E-state index in [-0.39, 0.29) is 12.3 Å². The Balaban J connectivity index is 2.28. The highest BCUT2D eigenvalue weighted by molar-refractivity contribution is 6.06. The Hall–Kier alpha value is -2.63. The van der Waals surface area contributed by atoms with Gasteiger partial charge < -0.3 is 15.4 Å². The molecule has 2 heterocycles. The van der Waals surface area contributed by atoms with Crippen LogP contribution in [0.4, 0.5) is 5.82 Å². The quantitative estimate of drug-likeness (QED) is 0.607. The number of nitrogens with two attached hydrogens (primary N) is 1. The van der Waals surface area contributed by atoms with Crippen LogP contribution in [0.3, 0.4) is 0 Å². The fourth-order valence-electron chi connectivity index (χ4n) is 3.72. The molecular weight excluding hydrogens is 340 g/mol. The van der Waals surface area contributed by atoms with Gasteiger partial charge in [-0.1, -0.05) is 51.8 Å². The first-order valence-corrected chi connectivity index (χ1v) is 9.68. The van der Waals surface area contributed by atoms with E-state index in [1.54, 1.807) is 0 Å². The van der Waals surface area contributed by atoms with Gasteiger partial charge in [-0.05, 0) is 18.4 Å². The van der Waals surface area contributed by atoms with Crippen molar-refractivity contribution >= 4 is 33.7 Å². The van der Waals surface area contributed by atoms with Crippen molar-refractivity contribution in [2.45, 2.75) is 58.9 Å². The first kappa shape index (κ1) is 19.1. The summed E-state index contributed by atoms with van der Waals surface area (Å²) in [5, 5.41) is 10.4. The number of unbranched alkanes of at least 4 members (excludes halogenated alkanes) is 1. The summed E-state index contributed by atoms with van der Waals surface area (Å²) in [5.74, 6) is 0.685. The number of carboxylic acid groups (broad SMARTS) is 1. The smallest absolute Gasteiger partial charge is 0.304 e. The molecule has 0 amide bonds. The molecule has 0 aliphatic heterocycles. The van der Waals surface area contributed by atoms with Crippen molar-refractivity contribution in [1.29, 1.82) is 0 Å². The molecule has 0 spiro atoms. The van der Waals surface area contributed by atoms with E-state index < -0.39 is 5.97 Å². The zero-order valence-electron chi connectivity index (χ0n) is 16.3. The van der Waals surface area contributed by atoms with Gasteiger partial charge in [-0.15, -0.1) is 0 Å². The molecule has 6 heteroatoms. The van der Waals surface area contributed by atoms with Gasteiger partial charge in [0.25, 0.3) is 0 Å². The SMILES string of the molecule is CCCCC(CC(=O)O)c1nc2c(N)nc3ccccc3c2n1CC(C)C. The maximum Gasteiger partial charge on any atom is 0.304 e. The average molecular weight is 368 g/mol. The number of carbonyl (C=O) groups is 1. The second kappa shape index (κ2) is 7.94.